The zero-order valence-electron chi connectivity index (χ0n) is 26.0. The highest BCUT2D eigenvalue weighted by Gasteiger charge is 2.27. The number of ketones is 1. The zero-order chi connectivity index (χ0) is 30.5. The summed E-state index contributed by atoms with van der Waals surface area (Å²) in [4.78, 5) is 24.0. The molecule has 0 bridgehead atoms. The number of carbonyl (C=O) groups excluding carboxylic acids is 1. The molecule has 0 spiro atoms. The second kappa shape index (κ2) is 16.9. The third kappa shape index (κ3) is 10.8. The molecule has 2 aromatic rings. The van der Waals surface area contributed by atoms with Gasteiger partial charge in [0.25, 0.3) is 0 Å². The molecule has 0 saturated heterocycles. The first-order valence-electron chi connectivity index (χ1n) is 14.1. The lowest BCUT2D eigenvalue weighted by molar-refractivity contribution is -0.121. The van der Waals surface area contributed by atoms with Crippen LogP contribution in [0.15, 0.2) is 35.3 Å². The van der Waals surface area contributed by atoms with Crippen LogP contribution in [0.2, 0.25) is 0 Å². The van der Waals surface area contributed by atoms with Crippen LogP contribution in [0.5, 0.6) is 11.8 Å². The summed E-state index contributed by atoms with van der Waals surface area (Å²) < 4.78 is 25.5. The molecule has 0 aliphatic rings. The summed E-state index contributed by atoms with van der Waals surface area (Å²) in [6, 6.07) is 9.81. The lowest BCUT2D eigenvalue weighted by Gasteiger charge is -2.24. The predicted molar refractivity (Wildman–Crippen MR) is 161 cm³/mol. The van der Waals surface area contributed by atoms with E-state index in [0.29, 0.717) is 24.7 Å². The Balaban J connectivity index is 0.000000479. The fourth-order valence-electron chi connectivity index (χ4n) is 3.86. The molecule has 1 heterocycles. The van der Waals surface area contributed by atoms with Crippen LogP contribution in [-0.2, 0) is 16.6 Å². The number of aromatic nitrogens is 2. The van der Waals surface area contributed by atoms with E-state index < -0.39 is 6.17 Å². The van der Waals surface area contributed by atoms with Crippen molar-refractivity contribution in [2.24, 2.45) is 16.6 Å². The van der Waals surface area contributed by atoms with E-state index in [0.717, 1.165) is 18.4 Å². The highest BCUT2D eigenvalue weighted by Crippen LogP contribution is 2.27. The second-order valence-corrected chi connectivity index (χ2v) is 10.7. The van der Waals surface area contributed by atoms with Gasteiger partial charge < -0.3 is 20.5 Å². The molecule has 0 aliphatic carbocycles. The minimum Gasteiger partial charge on any atom is -0.474 e. The van der Waals surface area contributed by atoms with E-state index in [1.807, 2.05) is 53.7 Å². The molecule has 0 amide bonds. The maximum Gasteiger partial charge on any atom is 0.221 e. The number of halogens is 1. The number of hydrogen-bond donors (Lipinski definition) is 2. The van der Waals surface area contributed by atoms with Crippen molar-refractivity contribution in [3.63, 3.8) is 0 Å². The lowest BCUT2D eigenvalue weighted by Crippen LogP contribution is -2.29. The third-order valence-corrected chi connectivity index (χ3v) is 7.16. The maximum absolute atomic E-state index is 13.8. The lowest BCUT2D eigenvalue weighted by atomic mass is 9.78. The van der Waals surface area contributed by atoms with Crippen molar-refractivity contribution in [1.29, 1.82) is 0 Å². The number of nitrogens with one attached hydrogen (secondary N) is 1. The number of carbonyl (C=O) groups is 1. The molecule has 1 aromatic carbocycles. The van der Waals surface area contributed by atoms with Gasteiger partial charge in [-0.3, -0.25) is 9.79 Å². The first kappa shape index (κ1) is 35.0. The second-order valence-electron chi connectivity index (χ2n) is 10.7. The van der Waals surface area contributed by atoms with Gasteiger partial charge in [0, 0.05) is 19.0 Å². The van der Waals surface area contributed by atoms with Crippen molar-refractivity contribution in [3.05, 3.63) is 47.3 Å². The number of hydrogen-bond acceptors (Lipinski definition) is 7. The summed E-state index contributed by atoms with van der Waals surface area (Å²) >= 11 is 0. The van der Waals surface area contributed by atoms with Crippen LogP contribution in [0.1, 0.15) is 85.2 Å². The predicted octanol–water partition coefficient (Wildman–Crippen LogP) is 5.46. The Kier molecular flexibility index (Phi) is 14.8. The molecule has 4 atom stereocenters. The average molecular weight is 560 g/mol. The summed E-state index contributed by atoms with van der Waals surface area (Å²) in [5, 5.41) is 2.84. The Morgan fingerprint density at radius 2 is 1.73 bits per heavy atom. The van der Waals surface area contributed by atoms with Crippen LogP contribution in [0.3, 0.4) is 0 Å². The van der Waals surface area contributed by atoms with Gasteiger partial charge in [0.15, 0.2) is 5.84 Å². The molecular formula is C31H50FN5O3. The van der Waals surface area contributed by atoms with Gasteiger partial charge in [0.2, 0.25) is 17.6 Å². The molecule has 224 valence electrons. The molecule has 8 nitrogen and oxygen atoms in total. The Bertz CT molecular complexity index is 1090. The number of benzene rings is 1. The van der Waals surface area contributed by atoms with Crippen molar-refractivity contribution >= 4 is 11.6 Å². The highest BCUT2D eigenvalue weighted by atomic mass is 19.1. The topological polar surface area (TPSA) is 112 Å². The van der Waals surface area contributed by atoms with Crippen molar-refractivity contribution in [2.45, 2.75) is 98.4 Å². The number of Topliss-reactive ketones (excluding diaryl/α,β-unsaturated/α-hetero) is 1. The van der Waals surface area contributed by atoms with E-state index in [9.17, 15) is 9.18 Å². The summed E-state index contributed by atoms with van der Waals surface area (Å²) in [6.07, 6.45) is 1.06. The third-order valence-electron chi connectivity index (χ3n) is 7.16. The minimum atomic E-state index is -0.922. The average Bonchev–Trinajstić information content (AvgIpc) is 2.92. The molecule has 0 fully saturated rings. The van der Waals surface area contributed by atoms with Crippen molar-refractivity contribution < 1.29 is 18.7 Å². The monoisotopic (exact) mass is 559 g/mol. The van der Waals surface area contributed by atoms with E-state index in [1.54, 1.807) is 27.1 Å². The number of ether oxygens (including phenoxy) is 2. The van der Waals surface area contributed by atoms with Gasteiger partial charge in [-0.05, 0) is 78.0 Å². The molecule has 0 aliphatic heterocycles. The van der Waals surface area contributed by atoms with Gasteiger partial charge in [0.1, 0.15) is 18.1 Å². The van der Waals surface area contributed by atoms with E-state index in [4.69, 9.17) is 15.2 Å². The number of rotatable bonds is 14. The quantitative estimate of drug-likeness (QED) is 0.234. The van der Waals surface area contributed by atoms with Gasteiger partial charge in [-0.1, -0.05) is 45.0 Å². The van der Waals surface area contributed by atoms with Crippen LogP contribution in [0, 0.1) is 5.92 Å². The SMILES string of the molecule is CC[C@@H](C)Oc1cc(O[C@@H](C)[C@@H](C)C[C@@H](F)CNC)nc(C(N)=NC)n1.CCc1ccccc1C(C)(C)C(C)=O. The summed E-state index contributed by atoms with van der Waals surface area (Å²) in [6.45, 7) is 15.9. The fourth-order valence-corrected chi connectivity index (χ4v) is 3.86. The van der Waals surface area contributed by atoms with Crippen molar-refractivity contribution in [2.75, 3.05) is 20.6 Å². The van der Waals surface area contributed by atoms with Gasteiger partial charge in [-0.15, -0.1) is 0 Å². The number of aliphatic imine (C=N–C) groups is 1. The first-order valence-corrected chi connectivity index (χ1v) is 14.1. The Morgan fingerprint density at radius 1 is 1.12 bits per heavy atom. The molecule has 3 N–H and O–H groups in total. The molecular weight excluding hydrogens is 509 g/mol. The van der Waals surface area contributed by atoms with Crippen molar-refractivity contribution in [3.8, 4) is 11.8 Å². The Labute approximate surface area is 240 Å². The Hall–Kier alpha value is -3.07. The number of amidine groups is 1. The number of nitrogens with two attached hydrogens (primary N) is 1. The first-order chi connectivity index (χ1) is 18.8. The molecule has 0 radical (unpaired) electrons. The smallest absolute Gasteiger partial charge is 0.221 e. The van der Waals surface area contributed by atoms with Crippen LogP contribution in [-0.4, -0.2) is 60.6 Å². The summed E-state index contributed by atoms with van der Waals surface area (Å²) in [7, 11) is 3.30. The molecule has 1 aromatic heterocycles. The standard InChI is InChI=1S/C18H32FN5O2.C13H18O/c1-7-12(3)25-15-9-16(24-18(23-15)17(20)22-6)26-13(4)11(2)8-14(19)10-21-5;1-5-11-8-6-7-9-12(11)13(3,4)10(2)14/h9,11-14,21H,7-8,10H2,1-6H3,(H2,20,22);6-9H,5H2,1-4H3/t11-,12+,13-,14+;/m0./s1. The fraction of sp³-hybridized carbons (Fsp3) is 0.613. The maximum atomic E-state index is 13.8. The molecule has 0 unspecified atom stereocenters. The van der Waals surface area contributed by atoms with E-state index in [2.05, 4.69) is 39.3 Å². The van der Waals surface area contributed by atoms with Gasteiger partial charge >= 0.3 is 0 Å². The largest absolute Gasteiger partial charge is 0.474 e. The van der Waals surface area contributed by atoms with Crippen LogP contribution in [0.25, 0.3) is 0 Å². The summed E-state index contributed by atoms with van der Waals surface area (Å²) in [5.41, 5.74) is 7.92. The van der Waals surface area contributed by atoms with E-state index >= 15 is 0 Å². The minimum absolute atomic E-state index is 0.00410. The summed E-state index contributed by atoms with van der Waals surface area (Å²) in [5.74, 6) is 1.39. The van der Waals surface area contributed by atoms with Crippen LogP contribution in [0.4, 0.5) is 4.39 Å². The number of aryl methyl sites for hydroxylation is 1. The van der Waals surface area contributed by atoms with Gasteiger partial charge in [-0.25, -0.2) is 4.39 Å². The van der Waals surface area contributed by atoms with Crippen molar-refractivity contribution in [1.82, 2.24) is 15.3 Å². The van der Waals surface area contributed by atoms with E-state index in [-0.39, 0.29) is 41.0 Å². The highest BCUT2D eigenvalue weighted by molar-refractivity contribution is 5.94. The normalized spacial score (nSPS) is 14.8. The molecule has 0 saturated carbocycles. The van der Waals surface area contributed by atoms with E-state index in [1.165, 1.54) is 5.56 Å². The molecule has 9 heteroatoms. The Morgan fingerprint density at radius 3 is 2.25 bits per heavy atom. The molecule has 2 rings (SSSR count). The number of alkyl halides is 1. The molecule has 40 heavy (non-hydrogen) atoms. The van der Waals surface area contributed by atoms with Crippen LogP contribution < -0.4 is 20.5 Å². The van der Waals surface area contributed by atoms with Gasteiger partial charge in [0.05, 0.1) is 12.2 Å². The van der Waals surface area contributed by atoms with Crippen LogP contribution >= 0.6 is 0 Å². The van der Waals surface area contributed by atoms with Gasteiger partial charge in [-0.2, -0.15) is 9.97 Å². The zero-order valence-corrected chi connectivity index (χ0v) is 26.0. The number of nitrogens with zero attached hydrogens (tertiary/aromatic N) is 3.